The molecule has 0 aromatic heterocycles. The van der Waals surface area contributed by atoms with E-state index in [-0.39, 0.29) is 12.5 Å². The quantitative estimate of drug-likeness (QED) is 0.774. The highest BCUT2D eigenvalue weighted by Crippen LogP contribution is 2.41. The molecule has 2 N–H and O–H groups in total. The number of likely N-dealkylation sites (tertiary alicyclic amines) is 2. The Hall–Kier alpha value is -2.77. The fourth-order valence-electron chi connectivity index (χ4n) is 4.17. The molecule has 1 aromatic rings. The summed E-state index contributed by atoms with van der Waals surface area (Å²) < 4.78 is 10.8. The van der Waals surface area contributed by atoms with Crippen molar-refractivity contribution < 1.29 is 23.9 Å². The number of hydrogen-bond acceptors (Lipinski definition) is 5. The molecule has 2 saturated heterocycles. The number of hydrogen-bond donors (Lipinski definition) is 1. The van der Waals surface area contributed by atoms with Gasteiger partial charge < -0.3 is 25.0 Å². The normalized spacial score (nSPS) is 22.2. The van der Waals surface area contributed by atoms with Crippen molar-refractivity contribution in [3.8, 4) is 11.5 Å². The maximum atomic E-state index is 13.2. The molecule has 1 aromatic carbocycles. The number of amides is 3. The second-order valence-electron chi connectivity index (χ2n) is 7.10. The molecule has 2 aliphatic heterocycles. The fraction of sp³-hybridized carbons (Fsp3) is 0.526. The van der Waals surface area contributed by atoms with Crippen LogP contribution < -0.4 is 15.2 Å². The smallest absolute Gasteiger partial charge is 0.311 e. The van der Waals surface area contributed by atoms with Gasteiger partial charge in [-0.05, 0) is 25.3 Å². The molecule has 2 heterocycles. The zero-order valence-corrected chi connectivity index (χ0v) is 15.7. The highest BCUT2D eigenvalue weighted by molar-refractivity contribution is 6.34. The van der Waals surface area contributed by atoms with Gasteiger partial charge in [-0.1, -0.05) is 12.1 Å². The molecule has 2 fully saturated rings. The Bertz CT molecular complexity index is 766. The maximum Gasteiger partial charge on any atom is 0.311 e. The van der Waals surface area contributed by atoms with Crippen molar-refractivity contribution in [1.82, 2.24) is 9.80 Å². The van der Waals surface area contributed by atoms with E-state index in [1.807, 2.05) is 18.2 Å². The summed E-state index contributed by atoms with van der Waals surface area (Å²) in [6, 6.07) is 5.59. The van der Waals surface area contributed by atoms with E-state index < -0.39 is 17.2 Å². The van der Waals surface area contributed by atoms with E-state index >= 15 is 0 Å². The zero-order chi connectivity index (χ0) is 19.6. The molecule has 146 valence electrons. The summed E-state index contributed by atoms with van der Waals surface area (Å²) in [5.41, 5.74) is 5.34. The minimum atomic E-state index is -0.978. The Labute approximate surface area is 158 Å². The molecule has 3 amide bonds. The Morgan fingerprint density at radius 3 is 2.63 bits per heavy atom. The summed E-state index contributed by atoms with van der Waals surface area (Å²) in [7, 11) is 3.15. The SMILES string of the molecule is COc1cccc(CN2CCC[C@@]3(CCN(C(=O)C(N)=O)C3)C2=O)c1OC. The van der Waals surface area contributed by atoms with E-state index in [1.54, 1.807) is 19.1 Å². The summed E-state index contributed by atoms with van der Waals surface area (Å²) in [4.78, 5) is 39.5. The molecular weight excluding hydrogens is 350 g/mol. The molecule has 27 heavy (non-hydrogen) atoms. The van der Waals surface area contributed by atoms with Crippen molar-refractivity contribution >= 4 is 17.7 Å². The van der Waals surface area contributed by atoms with Crippen molar-refractivity contribution in [3.05, 3.63) is 23.8 Å². The second-order valence-corrected chi connectivity index (χ2v) is 7.10. The van der Waals surface area contributed by atoms with Crippen molar-refractivity contribution in [2.75, 3.05) is 33.9 Å². The number of primary amides is 1. The number of rotatable bonds is 4. The largest absolute Gasteiger partial charge is 0.493 e. The predicted molar refractivity (Wildman–Crippen MR) is 97.0 cm³/mol. The monoisotopic (exact) mass is 375 g/mol. The van der Waals surface area contributed by atoms with E-state index in [0.29, 0.717) is 44.0 Å². The van der Waals surface area contributed by atoms with Crippen LogP contribution in [0.15, 0.2) is 18.2 Å². The Kier molecular flexibility index (Phi) is 5.25. The Balaban J connectivity index is 1.79. The predicted octanol–water partition coefficient (Wildman–Crippen LogP) is 0.530. The Morgan fingerprint density at radius 1 is 1.19 bits per heavy atom. The summed E-state index contributed by atoms with van der Waals surface area (Å²) in [6.07, 6.45) is 2.10. The van der Waals surface area contributed by atoms with Crippen LogP contribution in [0.4, 0.5) is 0 Å². The van der Waals surface area contributed by atoms with E-state index in [0.717, 1.165) is 12.0 Å². The lowest BCUT2D eigenvalue weighted by molar-refractivity contribution is -0.148. The first kappa shape index (κ1) is 19.0. The number of carbonyl (C=O) groups excluding carboxylic acids is 3. The van der Waals surface area contributed by atoms with Gasteiger partial charge in [0.1, 0.15) is 0 Å². The van der Waals surface area contributed by atoms with E-state index in [9.17, 15) is 14.4 Å². The third-order valence-corrected chi connectivity index (χ3v) is 5.52. The van der Waals surface area contributed by atoms with Gasteiger partial charge in [0.2, 0.25) is 5.91 Å². The van der Waals surface area contributed by atoms with Crippen LogP contribution in [0.25, 0.3) is 0 Å². The molecule has 0 radical (unpaired) electrons. The number of benzene rings is 1. The lowest BCUT2D eigenvalue weighted by atomic mass is 9.78. The summed E-state index contributed by atoms with van der Waals surface area (Å²) in [5.74, 6) is -0.449. The van der Waals surface area contributed by atoms with Gasteiger partial charge in [0, 0.05) is 31.7 Å². The molecule has 2 aliphatic rings. The minimum absolute atomic E-state index is 0.0124. The Morgan fingerprint density at radius 2 is 1.96 bits per heavy atom. The summed E-state index contributed by atoms with van der Waals surface area (Å²) >= 11 is 0. The first-order chi connectivity index (χ1) is 12.9. The van der Waals surface area contributed by atoms with Crippen molar-refractivity contribution in [2.24, 2.45) is 11.1 Å². The maximum absolute atomic E-state index is 13.2. The van der Waals surface area contributed by atoms with E-state index in [4.69, 9.17) is 15.2 Å². The van der Waals surface area contributed by atoms with Gasteiger partial charge in [0.05, 0.1) is 19.6 Å². The van der Waals surface area contributed by atoms with Gasteiger partial charge in [0.15, 0.2) is 11.5 Å². The molecular formula is C19H25N3O5. The van der Waals surface area contributed by atoms with Gasteiger partial charge in [-0.25, -0.2) is 0 Å². The lowest BCUT2D eigenvalue weighted by Gasteiger charge is -2.39. The van der Waals surface area contributed by atoms with Crippen LogP contribution in [0.5, 0.6) is 11.5 Å². The molecule has 0 saturated carbocycles. The van der Waals surface area contributed by atoms with Crippen LogP contribution in [0.3, 0.4) is 0 Å². The van der Waals surface area contributed by atoms with Crippen LogP contribution in [-0.2, 0) is 20.9 Å². The standard InChI is InChI=1S/C19H25N3O5/c1-26-14-6-3-5-13(15(14)27-2)11-21-9-4-7-19(18(21)25)8-10-22(12-19)17(24)16(20)23/h3,5-6H,4,7-12H2,1-2H3,(H2,20,23)/t19-/m0/s1. The highest BCUT2D eigenvalue weighted by Gasteiger charge is 2.49. The number of ether oxygens (including phenoxy) is 2. The van der Waals surface area contributed by atoms with Crippen LogP contribution in [0.2, 0.25) is 0 Å². The topological polar surface area (TPSA) is 102 Å². The van der Waals surface area contributed by atoms with Crippen molar-refractivity contribution in [1.29, 1.82) is 0 Å². The van der Waals surface area contributed by atoms with Gasteiger partial charge in [-0.15, -0.1) is 0 Å². The lowest BCUT2D eigenvalue weighted by Crippen LogP contribution is -2.50. The van der Waals surface area contributed by atoms with Crippen LogP contribution in [-0.4, -0.2) is 61.4 Å². The molecule has 8 nitrogen and oxygen atoms in total. The molecule has 0 unspecified atom stereocenters. The summed E-state index contributed by atoms with van der Waals surface area (Å²) in [6.45, 7) is 1.68. The third kappa shape index (κ3) is 3.43. The average Bonchev–Trinajstić information content (AvgIpc) is 3.09. The van der Waals surface area contributed by atoms with E-state index in [2.05, 4.69) is 0 Å². The van der Waals surface area contributed by atoms with Gasteiger partial charge in [-0.3, -0.25) is 14.4 Å². The van der Waals surface area contributed by atoms with Gasteiger partial charge in [0.25, 0.3) is 0 Å². The van der Waals surface area contributed by atoms with Gasteiger partial charge in [-0.2, -0.15) is 0 Å². The molecule has 0 aliphatic carbocycles. The highest BCUT2D eigenvalue weighted by atomic mass is 16.5. The minimum Gasteiger partial charge on any atom is -0.493 e. The number of carbonyl (C=O) groups is 3. The fourth-order valence-corrected chi connectivity index (χ4v) is 4.17. The molecule has 0 bridgehead atoms. The number of nitrogens with two attached hydrogens (primary N) is 1. The third-order valence-electron chi connectivity index (χ3n) is 5.52. The number of nitrogens with zero attached hydrogens (tertiary/aromatic N) is 2. The first-order valence-electron chi connectivity index (χ1n) is 9.00. The first-order valence-corrected chi connectivity index (χ1v) is 9.00. The van der Waals surface area contributed by atoms with Crippen molar-refractivity contribution in [2.45, 2.75) is 25.8 Å². The molecule has 3 rings (SSSR count). The van der Waals surface area contributed by atoms with Crippen LogP contribution in [0, 0.1) is 5.41 Å². The van der Waals surface area contributed by atoms with Gasteiger partial charge >= 0.3 is 11.8 Å². The zero-order valence-electron chi connectivity index (χ0n) is 15.7. The number of methoxy groups -OCH3 is 2. The molecule has 1 atom stereocenters. The second kappa shape index (κ2) is 7.46. The number of para-hydroxylation sites is 1. The van der Waals surface area contributed by atoms with Crippen LogP contribution >= 0.6 is 0 Å². The molecule has 8 heteroatoms. The molecule has 1 spiro atoms. The van der Waals surface area contributed by atoms with E-state index in [1.165, 1.54) is 4.90 Å². The summed E-state index contributed by atoms with van der Waals surface area (Å²) in [5, 5.41) is 0. The number of piperidine rings is 1. The van der Waals surface area contributed by atoms with Crippen LogP contribution in [0.1, 0.15) is 24.8 Å². The van der Waals surface area contributed by atoms with Crippen molar-refractivity contribution in [3.63, 3.8) is 0 Å². The average molecular weight is 375 g/mol.